The number of carbonyl (C=O) groups is 1. The fraction of sp³-hybridized carbons (Fsp3) is 0.588. The van der Waals surface area contributed by atoms with E-state index < -0.39 is 16.1 Å². The summed E-state index contributed by atoms with van der Waals surface area (Å²) >= 11 is 0. The van der Waals surface area contributed by atoms with Gasteiger partial charge in [-0.2, -0.15) is 4.72 Å². The first-order valence-electron chi connectivity index (χ1n) is 8.32. The molecule has 0 bridgehead atoms. The van der Waals surface area contributed by atoms with E-state index in [0.29, 0.717) is 13.1 Å². The van der Waals surface area contributed by atoms with Gasteiger partial charge in [0.05, 0.1) is 10.9 Å². The van der Waals surface area contributed by atoms with Crippen molar-refractivity contribution in [1.29, 1.82) is 0 Å². The number of amides is 1. The molecule has 0 aromatic heterocycles. The number of fused-ring (bicyclic) bond motifs is 1. The van der Waals surface area contributed by atoms with Crippen LogP contribution < -0.4 is 4.72 Å². The van der Waals surface area contributed by atoms with Gasteiger partial charge in [0.15, 0.2) is 0 Å². The molecule has 128 valence electrons. The van der Waals surface area contributed by atoms with Crippen molar-refractivity contribution in [2.75, 3.05) is 13.1 Å². The van der Waals surface area contributed by atoms with Crippen LogP contribution in [0.2, 0.25) is 0 Å². The van der Waals surface area contributed by atoms with Gasteiger partial charge in [0.25, 0.3) is 0 Å². The van der Waals surface area contributed by atoms with Crippen LogP contribution in [0.3, 0.4) is 0 Å². The Labute approximate surface area is 139 Å². The smallest absolute Gasteiger partial charge is 0.241 e. The molecule has 6 heteroatoms. The van der Waals surface area contributed by atoms with E-state index in [2.05, 4.69) is 4.72 Å². The summed E-state index contributed by atoms with van der Waals surface area (Å²) in [5, 5.41) is 0. The third-order valence-corrected chi connectivity index (χ3v) is 5.95. The number of aryl methyl sites for hydroxylation is 2. The Bertz CT molecular complexity index is 666. The van der Waals surface area contributed by atoms with E-state index in [1.54, 1.807) is 24.0 Å². The Hall–Kier alpha value is -1.40. The first-order valence-corrected chi connectivity index (χ1v) is 9.80. The van der Waals surface area contributed by atoms with Crippen molar-refractivity contribution in [3.63, 3.8) is 0 Å². The monoisotopic (exact) mass is 338 g/mol. The largest absolute Gasteiger partial charge is 0.342 e. The van der Waals surface area contributed by atoms with E-state index in [1.807, 2.05) is 19.9 Å². The average Bonchev–Trinajstić information content (AvgIpc) is 2.55. The number of carbonyl (C=O) groups excluding carboxylic acids is 1. The number of benzene rings is 1. The van der Waals surface area contributed by atoms with Crippen molar-refractivity contribution in [1.82, 2.24) is 9.62 Å². The number of hydrogen-bond donors (Lipinski definition) is 1. The fourth-order valence-electron chi connectivity index (χ4n) is 3.04. The lowest BCUT2D eigenvalue weighted by molar-refractivity contribution is -0.132. The first-order chi connectivity index (χ1) is 10.9. The molecular formula is C17H26N2O3S. The Balaban J connectivity index is 2.17. The molecule has 0 fully saturated rings. The minimum atomic E-state index is -3.69. The lowest BCUT2D eigenvalue weighted by Crippen LogP contribution is -2.46. The summed E-state index contributed by atoms with van der Waals surface area (Å²) in [6, 6.07) is 4.53. The highest BCUT2D eigenvalue weighted by atomic mass is 32.2. The highest BCUT2D eigenvalue weighted by Crippen LogP contribution is 2.24. The molecule has 23 heavy (non-hydrogen) atoms. The molecular weight excluding hydrogens is 312 g/mol. The molecule has 1 N–H and O–H groups in total. The topological polar surface area (TPSA) is 66.5 Å². The molecule has 2 rings (SSSR count). The Kier molecular flexibility index (Phi) is 5.81. The molecule has 1 atom stereocenters. The zero-order valence-corrected chi connectivity index (χ0v) is 14.9. The molecule has 5 nitrogen and oxygen atoms in total. The molecule has 1 aromatic carbocycles. The highest BCUT2D eigenvalue weighted by Gasteiger charge is 2.25. The van der Waals surface area contributed by atoms with Crippen LogP contribution in [0.5, 0.6) is 0 Å². The van der Waals surface area contributed by atoms with E-state index in [0.717, 1.165) is 31.2 Å². The molecule has 0 aliphatic heterocycles. The summed E-state index contributed by atoms with van der Waals surface area (Å²) in [7, 11) is -3.69. The van der Waals surface area contributed by atoms with Gasteiger partial charge in [-0.05, 0) is 69.7 Å². The molecule has 0 radical (unpaired) electrons. The second kappa shape index (κ2) is 7.45. The van der Waals surface area contributed by atoms with Gasteiger partial charge >= 0.3 is 0 Å². The molecule has 1 aliphatic carbocycles. The molecule has 0 unspecified atom stereocenters. The van der Waals surface area contributed by atoms with Crippen LogP contribution in [0, 0.1) is 0 Å². The molecule has 0 saturated heterocycles. The normalized spacial score (nSPS) is 15.8. The van der Waals surface area contributed by atoms with Gasteiger partial charge in [0, 0.05) is 13.1 Å². The fourth-order valence-corrected chi connectivity index (χ4v) is 4.28. The summed E-state index contributed by atoms with van der Waals surface area (Å²) in [5.74, 6) is -0.198. The number of nitrogens with zero attached hydrogens (tertiary/aromatic N) is 1. The average molecular weight is 338 g/mol. The van der Waals surface area contributed by atoms with Gasteiger partial charge in [0.2, 0.25) is 15.9 Å². The molecule has 1 aliphatic rings. The van der Waals surface area contributed by atoms with Crippen LogP contribution in [-0.4, -0.2) is 38.4 Å². The summed E-state index contributed by atoms with van der Waals surface area (Å²) in [6.45, 7) is 6.50. The van der Waals surface area contributed by atoms with Gasteiger partial charge in [-0.1, -0.05) is 6.07 Å². The second-order valence-corrected chi connectivity index (χ2v) is 7.71. The molecule has 0 saturated carbocycles. The van der Waals surface area contributed by atoms with E-state index in [1.165, 1.54) is 5.56 Å². The van der Waals surface area contributed by atoms with Gasteiger partial charge in [-0.3, -0.25) is 4.79 Å². The van der Waals surface area contributed by atoms with E-state index in [-0.39, 0.29) is 10.8 Å². The van der Waals surface area contributed by atoms with Crippen LogP contribution in [0.15, 0.2) is 23.1 Å². The maximum atomic E-state index is 12.6. The third kappa shape index (κ3) is 4.12. The van der Waals surface area contributed by atoms with Crippen LogP contribution >= 0.6 is 0 Å². The van der Waals surface area contributed by atoms with Crippen molar-refractivity contribution >= 4 is 15.9 Å². The maximum absolute atomic E-state index is 12.6. The van der Waals surface area contributed by atoms with Crippen molar-refractivity contribution in [2.24, 2.45) is 0 Å². The van der Waals surface area contributed by atoms with Crippen LogP contribution in [-0.2, 0) is 27.7 Å². The summed E-state index contributed by atoms with van der Waals surface area (Å²) in [4.78, 5) is 14.1. The number of hydrogen-bond acceptors (Lipinski definition) is 3. The second-order valence-electron chi connectivity index (χ2n) is 5.99. The third-order valence-electron chi connectivity index (χ3n) is 4.41. The lowest BCUT2D eigenvalue weighted by Gasteiger charge is -2.23. The van der Waals surface area contributed by atoms with Crippen molar-refractivity contribution in [2.45, 2.75) is 57.4 Å². The van der Waals surface area contributed by atoms with E-state index in [4.69, 9.17) is 0 Å². The molecule has 1 aromatic rings. The van der Waals surface area contributed by atoms with Crippen LogP contribution in [0.4, 0.5) is 0 Å². The Morgan fingerprint density at radius 2 is 1.78 bits per heavy atom. The minimum Gasteiger partial charge on any atom is -0.342 e. The Morgan fingerprint density at radius 3 is 2.39 bits per heavy atom. The van der Waals surface area contributed by atoms with E-state index in [9.17, 15) is 13.2 Å². The van der Waals surface area contributed by atoms with Gasteiger partial charge < -0.3 is 4.90 Å². The molecule has 0 spiro atoms. The van der Waals surface area contributed by atoms with Gasteiger partial charge in [0.1, 0.15) is 0 Å². The summed E-state index contributed by atoms with van der Waals surface area (Å²) in [6.07, 6.45) is 4.19. The number of likely N-dealkylation sites (N-methyl/N-ethyl adjacent to an activating group) is 1. The van der Waals surface area contributed by atoms with E-state index >= 15 is 0 Å². The van der Waals surface area contributed by atoms with Gasteiger partial charge in [-0.15, -0.1) is 0 Å². The Morgan fingerprint density at radius 1 is 1.17 bits per heavy atom. The quantitative estimate of drug-likeness (QED) is 0.864. The predicted molar refractivity (Wildman–Crippen MR) is 90.8 cm³/mol. The zero-order chi connectivity index (χ0) is 17.0. The van der Waals surface area contributed by atoms with Crippen LogP contribution in [0.1, 0.15) is 44.7 Å². The van der Waals surface area contributed by atoms with Crippen LogP contribution in [0.25, 0.3) is 0 Å². The number of nitrogens with one attached hydrogen (secondary N) is 1. The van der Waals surface area contributed by atoms with Crippen molar-refractivity contribution in [3.8, 4) is 0 Å². The van der Waals surface area contributed by atoms with Crippen molar-refractivity contribution < 1.29 is 13.2 Å². The molecule has 0 heterocycles. The van der Waals surface area contributed by atoms with Gasteiger partial charge in [-0.25, -0.2) is 8.42 Å². The number of rotatable bonds is 6. The SMILES string of the molecule is CCN(CC)C(=O)[C@@H](C)NS(=O)(=O)c1ccc2c(c1)CCCC2. The maximum Gasteiger partial charge on any atom is 0.241 e. The number of sulfonamides is 1. The summed E-state index contributed by atoms with van der Waals surface area (Å²) in [5.41, 5.74) is 2.35. The standard InChI is InChI=1S/C17H26N2O3S/c1-4-19(5-2)17(20)13(3)18-23(21,22)16-11-10-14-8-6-7-9-15(14)12-16/h10-13,18H,4-9H2,1-3H3/t13-/m1/s1. The first kappa shape index (κ1) is 17.9. The molecule has 1 amide bonds. The van der Waals surface area contributed by atoms with Crippen molar-refractivity contribution in [3.05, 3.63) is 29.3 Å². The lowest BCUT2D eigenvalue weighted by atomic mass is 9.92. The zero-order valence-electron chi connectivity index (χ0n) is 14.1. The highest BCUT2D eigenvalue weighted by molar-refractivity contribution is 7.89. The predicted octanol–water partition coefficient (Wildman–Crippen LogP) is 2.10. The minimum absolute atomic E-state index is 0.198. The summed E-state index contributed by atoms with van der Waals surface area (Å²) < 4.78 is 27.6.